The minimum atomic E-state index is -0.169. The molecule has 0 amide bonds. The second-order valence-electron chi connectivity index (χ2n) is 6.94. The summed E-state index contributed by atoms with van der Waals surface area (Å²) in [4.78, 5) is 4.26. The molecule has 1 aliphatic heterocycles. The molecule has 3 aliphatic rings. The molecular formula is C15H19N3. The molecule has 0 N–H and O–H groups in total. The van der Waals surface area contributed by atoms with Gasteiger partial charge >= 0.3 is 0 Å². The number of rotatable bonds is 1. The maximum atomic E-state index is 10.8. The summed E-state index contributed by atoms with van der Waals surface area (Å²) in [6.45, 7) is 2.23. The molecule has 0 radical (unpaired) electrons. The van der Waals surface area contributed by atoms with Crippen LogP contribution in [-0.4, -0.2) is 15.2 Å². The van der Waals surface area contributed by atoms with Gasteiger partial charge in [-0.3, -0.25) is 4.98 Å². The Morgan fingerprint density at radius 2 is 2.06 bits per heavy atom. The molecule has 1 aromatic rings. The van der Waals surface area contributed by atoms with Gasteiger partial charge < -0.3 is 10.2 Å². The molecular weight excluding hydrogens is 222 g/mol. The molecule has 1 spiro atoms. The summed E-state index contributed by atoms with van der Waals surface area (Å²) in [6, 6.07) is 4.12. The highest BCUT2D eigenvalue weighted by Crippen LogP contribution is 2.67. The van der Waals surface area contributed by atoms with E-state index in [2.05, 4.69) is 18.0 Å². The molecule has 3 unspecified atom stereocenters. The maximum Gasteiger partial charge on any atom is 0.179 e. The van der Waals surface area contributed by atoms with Crippen LogP contribution >= 0.6 is 0 Å². The van der Waals surface area contributed by atoms with E-state index in [1.807, 2.05) is 18.5 Å². The van der Waals surface area contributed by atoms with E-state index in [-0.39, 0.29) is 11.1 Å². The summed E-state index contributed by atoms with van der Waals surface area (Å²) >= 11 is 0. The summed E-state index contributed by atoms with van der Waals surface area (Å²) in [6.07, 6.45) is 10.8. The van der Waals surface area contributed by atoms with Crippen LogP contribution in [0.1, 0.15) is 51.0 Å². The van der Waals surface area contributed by atoms with Crippen LogP contribution in [-0.2, 0) is 5.54 Å². The average molecular weight is 241 g/mol. The molecule has 1 saturated heterocycles. The second-order valence-corrected chi connectivity index (χ2v) is 6.94. The predicted molar refractivity (Wildman–Crippen MR) is 68.1 cm³/mol. The van der Waals surface area contributed by atoms with Gasteiger partial charge in [0.1, 0.15) is 5.54 Å². The zero-order chi connectivity index (χ0) is 12.4. The van der Waals surface area contributed by atoms with Gasteiger partial charge in [-0.1, -0.05) is 0 Å². The number of piperidine rings is 1. The zero-order valence-corrected chi connectivity index (χ0v) is 10.9. The lowest BCUT2D eigenvalue weighted by atomic mass is 9.74. The molecule has 94 valence electrons. The fourth-order valence-electron chi connectivity index (χ4n) is 5.04. The second kappa shape index (κ2) is 3.01. The first-order valence-corrected chi connectivity index (χ1v) is 6.99. The van der Waals surface area contributed by atoms with E-state index >= 15 is 0 Å². The highest BCUT2D eigenvalue weighted by molar-refractivity contribution is 5.24. The molecule has 1 aromatic heterocycles. The minimum Gasteiger partial charge on any atom is -0.506 e. The molecule has 2 saturated carbocycles. The summed E-state index contributed by atoms with van der Waals surface area (Å²) in [7, 11) is 0. The fourth-order valence-corrected chi connectivity index (χ4v) is 5.04. The normalized spacial score (nSPS) is 45.5. The van der Waals surface area contributed by atoms with Crippen molar-refractivity contribution in [3.63, 3.8) is 0 Å². The molecule has 3 nitrogen and oxygen atoms in total. The third kappa shape index (κ3) is 1.08. The van der Waals surface area contributed by atoms with Crippen LogP contribution in [0.4, 0.5) is 0 Å². The molecule has 3 atom stereocenters. The van der Waals surface area contributed by atoms with Crippen LogP contribution in [0, 0.1) is 5.41 Å². The molecule has 3 bridgehead atoms. The van der Waals surface area contributed by atoms with Gasteiger partial charge in [0.15, 0.2) is 5.54 Å². The van der Waals surface area contributed by atoms with Gasteiger partial charge in [-0.15, -0.1) is 0 Å². The van der Waals surface area contributed by atoms with Crippen LogP contribution < -0.4 is 0 Å². The molecule has 4 rings (SSSR count). The van der Waals surface area contributed by atoms with Gasteiger partial charge in [-0.05, 0) is 37.3 Å². The molecule has 2 aliphatic carbocycles. The van der Waals surface area contributed by atoms with Crippen molar-refractivity contribution in [1.82, 2.24) is 4.98 Å². The first-order chi connectivity index (χ1) is 8.59. The monoisotopic (exact) mass is 241 g/mol. The number of nitrogens with zero attached hydrogens (tertiary/aromatic N) is 3. The Hall–Kier alpha value is -1.25. The lowest BCUT2D eigenvalue weighted by molar-refractivity contribution is -0.705. The van der Waals surface area contributed by atoms with Crippen molar-refractivity contribution < 1.29 is 4.70 Å². The van der Waals surface area contributed by atoms with Crippen molar-refractivity contribution in [2.75, 3.05) is 0 Å². The van der Waals surface area contributed by atoms with E-state index in [0.29, 0.717) is 5.41 Å². The highest BCUT2D eigenvalue weighted by Gasteiger charge is 2.68. The quantitative estimate of drug-likeness (QED) is 0.694. The Kier molecular flexibility index (Phi) is 1.78. The van der Waals surface area contributed by atoms with E-state index in [0.717, 1.165) is 19.3 Å². The fraction of sp³-hybridized carbons (Fsp3) is 0.667. The van der Waals surface area contributed by atoms with Crippen molar-refractivity contribution in [3.8, 4) is 0 Å². The van der Waals surface area contributed by atoms with E-state index in [4.69, 9.17) is 0 Å². The number of aromatic nitrogens is 1. The largest absolute Gasteiger partial charge is 0.506 e. The number of hydrogen-bond acceptors (Lipinski definition) is 1. The van der Waals surface area contributed by atoms with E-state index in [9.17, 15) is 5.53 Å². The Morgan fingerprint density at radius 1 is 1.22 bits per heavy atom. The van der Waals surface area contributed by atoms with Gasteiger partial charge in [-0.25, -0.2) is 0 Å². The summed E-state index contributed by atoms with van der Waals surface area (Å²) in [5.41, 5.74) is 12.3. The van der Waals surface area contributed by atoms with Crippen molar-refractivity contribution in [1.29, 1.82) is 0 Å². The van der Waals surface area contributed by atoms with Crippen molar-refractivity contribution in [2.45, 2.75) is 56.5 Å². The van der Waals surface area contributed by atoms with Crippen molar-refractivity contribution >= 4 is 0 Å². The number of hydrogen-bond donors (Lipinski definition) is 0. The first-order valence-electron chi connectivity index (χ1n) is 6.99. The average Bonchev–Trinajstić information content (AvgIpc) is 2.89. The lowest BCUT2D eigenvalue weighted by Gasteiger charge is -2.43. The Morgan fingerprint density at radius 3 is 2.83 bits per heavy atom. The topological polar surface area (TPSA) is 38.2 Å². The van der Waals surface area contributed by atoms with Crippen LogP contribution in [0.3, 0.4) is 0 Å². The standard InChI is InChI=1S/C15H19N3/c1-13-4-5-14(10-13)6-7-15(11-14,18(13)16)12-3-2-8-17-9-12/h2-3,8-9H,4-7,10-11H2,1H3. The molecule has 3 heteroatoms. The van der Waals surface area contributed by atoms with Crippen LogP contribution in [0.2, 0.25) is 0 Å². The minimum absolute atomic E-state index is 0.0232. The highest BCUT2D eigenvalue weighted by atomic mass is 15.3. The number of fused-ring (bicyclic) bond motifs is 2. The van der Waals surface area contributed by atoms with Gasteiger partial charge in [-0.2, -0.15) is 0 Å². The summed E-state index contributed by atoms with van der Waals surface area (Å²) in [5, 5.41) is 0. The van der Waals surface area contributed by atoms with Crippen molar-refractivity contribution in [2.24, 2.45) is 5.41 Å². The molecule has 2 heterocycles. The predicted octanol–water partition coefficient (Wildman–Crippen LogP) is 3.44. The van der Waals surface area contributed by atoms with Crippen LogP contribution in [0.25, 0.3) is 5.53 Å². The van der Waals surface area contributed by atoms with Gasteiger partial charge in [0.05, 0.1) is 0 Å². The summed E-state index contributed by atoms with van der Waals surface area (Å²) in [5.74, 6) is 0. The zero-order valence-electron chi connectivity index (χ0n) is 10.9. The van der Waals surface area contributed by atoms with Gasteiger partial charge in [0.2, 0.25) is 0 Å². The lowest BCUT2D eigenvalue weighted by Crippen LogP contribution is -2.51. The molecule has 3 fully saturated rings. The maximum absolute atomic E-state index is 10.8. The van der Waals surface area contributed by atoms with Crippen molar-refractivity contribution in [3.05, 3.63) is 35.6 Å². The third-order valence-corrected chi connectivity index (χ3v) is 5.80. The Bertz CT molecular complexity index is 526. The van der Waals surface area contributed by atoms with Gasteiger partial charge in [0.25, 0.3) is 0 Å². The first kappa shape index (κ1) is 10.7. The smallest absolute Gasteiger partial charge is 0.179 e. The van der Waals surface area contributed by atoms with E-state index in [1.54, 1.807) is 4.70 Å². The summed E-state index contributed by atoms with van der Waals surface area (Å²) < 4.78 is 1.70. The molecule has 18 heavy (non-hydrogen) atoms. The SMILES string of the molecule is CC12CCC3(CCC(c4cccnc4)(C3)[N+]1=[N-])C2. The van der Waals surface area contributed by atoms with Crippen LogP contribution in [0.15, 0.2) is 24.5 Å². The Balaban J connectivity index is 1.90. The van der Waals surface area contributed by atoms with E-state index < -0.39 is 0 Å². The number of pyridine rings is 1. The van der Waals surface area contributed by atoms with E-state index in [1.165, 1.54) is 24.8 Å². The van der Waals surface area contributed by atoms with Gasteiger partial charge in [0, 0.05) is 43.6 Å². The third-order valence-electron chi connectivity index (χ3n) is 5.80. The Labute approximate surface area is 108 Å². The van der Waals surface area contributed by atoms with Crippen LogP contribution in [0.5, 0.6) is 0 Å². The molecule has 0 aromatic carbocycles.